The quantitative estimate of drug-likeness (QED) is 0.697. The summed E-state index contributed by atoms with van der Waals surface area (Å²) in [6.07, 6.45) is 3.09. The number of hydrogen-bond donors (Lipinski definition) is 3. The molecule has 0 aromatic carbocycles. The van der Waals surface area contributed by atoms with Gasteiger partial charge in [0.05, 0.1) is 17.4 Å². The molecule has 0 spiro atoms. The molecule has 0 aromatic rings. The van der Waals surface area contributed by atoms with E-state index in [1.54, 1.807) is 0 Å². The van der Waals surface area contributed by atoms with Crippen LogP contribution in [-0.4, -0.2) is 47.4 Å². The fourth-order valence-corrected chi connectivity index (χ4v) is 3.35. The molecule has 2 fully saturated rings. The summed E-state index contributed by atoms with van der Waals surface area (Å²) in [7, 11) is 0. The summed E-state index contributed by atoms with van der Waals surface area (Å²) in [5, 5.41) is 22.3. The van der Waals surface area contributed by atoms with Crippen molar-refractivity contribution < 1.29 is 24.5 Å². The van der Waals surface area contributed by atoms with Crippen LogP contribution in [0, 0.1) is 17.8 Å². The Balaban J connectivity index is 1.91. The Morgan fingerprint density at radius 3 is 2.43 bits per heavy atom. The molecular weight excluding hydrogens is 274 g/mol. The van der Waals surface area contributed by atoms with Gasteiger partial charge in [0.2, 0.25) is 5.91 Å². The number of hydrogen-bond acceptors (Lipinski definition) is 4. The van der Waals surface area contributed by atoms with E-state index in [9.17, 15) is 19.8 Å². The van der Waals surface area contributed by atoms with Crippen LogP contribution in [0.5, 0.6) is 0 Å². The van der Waals surface area contributed by atoms with Crippen LogP contribution in [0.3, 0.4) is 0 Å². The maximum Gasteiger partial charge on any atom is 0.307 e. The first-order chi connectivity index (χ1) is 9.95. The second-order valence-electron chi connectivity index (χ2n) is 6.35. The molecule has 120 valence electrons. The van der Waals surface area contributed by atoms with Gasteiger partial charge in [0, 0.05) is 32.6 Å². The zero-order valence-corrected chi connectivity index (χ0v) is 12.5. The van der Waals surface area contributed by atoms with Crippen LogP contribution >= 0.6 is 0 Å². The number of rotatable bonds is 5. The number of nitrogens with one attached hydrogen (secondary N) is 1. The lowest BCUT2D eigenvalue weighted by molar-refractivity contribution is -0.146. The molecule has 2 rings (SSSR count). The molecule has 1 saturated heterocycles. The van der Waals surface area contributed by atoms with E-state index in [0.29, 0.717) is 44.8 Å². The summed E-state index contributed by atoms with van der Waals surface area (Å²) >= 11 is 0. The Labute approximate surface area is 124 Å². The molecule has 6 nitrogen and oxygen atoms in total. The highest BCUT2D eigenvalue weighted by Gasteiger charge is 2.42. The molecule has 1 amide bonds. The first-order valence-electron chi connectivity index (χ1n) is 7.76. The highest BCUT2D eigenvalue weighted by molar-refractivity contribution is 5.85. The van der Waals surface area contributed by atoms with Crippen molar-refractivity contribution in [3.8, 4) is 0 Å². The van der Waals surface area contributed by atoms with Gasteiger partial charge in [-0.25, -0.2) is 0 Å². The molecule has 1 unspecified atom stereocenters. The minimum Gasteiger partial charge on any atom is -0.481 e. The molecule has 6 heteroatoms. The molecule has 3 N–H and O–H groups in total. The number of carboxylic acids is 1. The zero-order valence-electron chi connectivity index (χ0n) is 12.5. The Kier molecular flexibility index (Phi) is 5.22. The van der Waals surface area contributed by atoms with Gasteiger partial charge in [0.25, 0.3) is 0 Å². The maximum atomic E-state index is 12.3. The molecular formula is C15H25NO5. The van der Waals surface area contributed by atoms with E-state index in [-0.39, 0.29) is 12.5 Å². The molecule has 3 atom stereocenters. The van der Waals surface area contributed by atoms with Crippen LogP contribution in [0.2, 0.25) is 0 Å². The first-order valence-corrected chi connectivity index (χ1v) is 7.76. The van der Waals surface area contributed by atoms with Crippen molar-refractivity contribution in [1.29, 1.82) is 0 Å². The molecule has 0 bridgehead atoms. The monoisotopic (exact) mass is 299 g/mol. The minimum atomic E-state index is -0.921. The lowest BCUT2D eigenvalue weighted by atomic mass is 9.92. The van der Waals surface area contributed by atoms with E-state index in [1.807, 2.05) is 6.92 Å². The summed E-state index contributed by atoms with van der Waals surface area (Å²) in [6, 6.07) is 0. The number of aliphatic hydroxyl groups is 1. The van der Waals surface area contributed by atoms with Crippen LogP contribution in [0.4, 0.5) is 0 Å². The number of ether oxygens (including phenoxy) is 1. The van der Waals surface area contributed by atoms with Crippen molar-refractivity contribution in [2.24, 2.45) is 17.8 Å². The van der Waals surface area contributed by atoms with Gasteiger partial charge in [0.1, 0.15) is 0 Å². The highest BCUT2D eigenvalue weighted by Crippen LogP contribution is 2.38. The summed E-state index contributed by atoms with van der Waals surface area (Å²) in [4.78, 5) is 23.6. The smallest absolute Gasteiger partial charge is 0.307 e. The van der Waals surface area contributed by atoms with Gasteiger partial charge in [-0.15, -0.1) is 0 Å². The third-order valence-electron chi connectivity index (χ3n) is 4.91. The lowest BCUT2D eigenvalue weighted by Gasteiger charge is -2.32. The second kappa shape index (κ2) is 6.75. The lowest BCUT2D eigenvalue weighted by Crippen LogP contribution is -2.48. The second-order valence-corrected chi connectivity index (χ2v) is 6.35. The van der Waals surface area contributed by atoms with Gasteiger partial charge >= 0.3 is 5.97 Å². The molecule has 2 aliphatic rings. The van der Waals surface area contributed by atoms with Crippen molar-refractivity contribution in [3.05, 3.63) is 0 Å². The first kappa shape index (κ1) is 16.2. The van der Waals surface area contributed by atoms with E-state index in [1.165, 1.54) is 0 Å². The van der Waals surface area contributed by atoms with Gasteiger partial charge in [0.15, 0.2) is 0 Å². The summed E-state index contributed by atoms with van der Waals surface area (Å²) < 4.78 is 5.20. The van der Waals surface area contributed by atoms with Crippen molar-refractivity contribution >= 4 is 11.9 Å². The standard InChI is InChI=1S/C15H25NO5/c1-2-10-7-11(12(8-10)14(18)19)13(17)16-9-15(20)3-5-21-6-4-15/h10-12,20H,2-9H2,1H3,(H,16,17)(H,18,19)/t10?,11-,12+/m0/s1. The normalized spacial score (nSPS) is 31.8. The largest absolute Gasteiger partial charge is 0.481 e. The SMILES string of the molecule is CCC1C[C@H](C(=O)NCC2(O)CCOCC2)[C@H](C(=O)O)C1. The van der Waals surface area contributed by atoms with Crippen molar-refractivity contribution in [3.63, 3.8) is 0 Å². The fraction of sp³-hybridized carbons (Fsp3) is 0.867. The van der Waals surface area contributed by atoms with Crippen LogP contribution in [0.15, 0.2) is 0 Å². The van der Waals surface area contributed by atoms with E-state index >= 15 is 0 Å². The summed E-state index contributed by atoms with van der Waals surface area (Å²) in [5.74, 6) is -1.91. The number of carboxylic acid groups (broad SMARTS) is 1. The van der Waals surface area contributed by atoms with Crippen molar-refractivity contribution in [2.45, 2.75) is 44.6 Å². The van der Waals surface area contributed by atoms with Gasteiger partial charge in [-0.1, -0.05) is 13.3 Å². The Morgan fingerprint density at radius 1 is 1.24 bits per heavy atom. The van der Waals surface area contributed by atoms with Gasteiger partial charge in [-0.3, -0.25) is 9.59 Å². The van der Waals surface area contributed by atoms with Crippen LogP contribution in [0.1, 0.15) is 39.0 Å². The number of carbonyl (C=O) groups is 2. The predicted octanol–water partition coefficient (Wildman–Crippen LogP) is 0.781. The molecule has 1 aliphatic heterocycles. The zero-order chi connectivity index (χ0) is 15.5. The van der Waals surface area contributed by atoms with Crippen LogP contribution in [-0.2, 0) is 14.3 Å². The fourth-order valence-electron chi connectivity index (χ4n) is 3.35. The third kappa shape index (κ3) is 3.95. The average Bonchev–Trinajstić information content (AvgIpc) is 2.90. The topological polar surface area (TPSA) is 95.9 Å². The summed E-state index contributed by atoms with van der Waals surface area (Å²) in [5.41, 5.74) is -0.921. The molecule has 1 saturated carbocycles. The van der Waals surface area contributed by atoms with Crippen LogP contribution < -0.4 is 5.32 Å². The number of amides is 1. The van der Waals surface area contributed by atoms with E-state index < -0.39 is 23.4 Å². The Hall–Kier alpha value is -1.14. The minimum absolute atomic E-state index is 0.175. The molecule has 1 heterocycles. The van der Waals surface area contributed by atoms with Gasteiger partial charge in [-0.05, 0) is 18.8 Å². The molecule has 21 heavy (non-hydrogen) atoms. The Bertz CT molecular complexity index is 392. The third-order valence-corrected chi connectivity index (χ3v) is 4.91. The van der Waals surface area contributed by atoms with E-state index in [0.717, 1.165) is 6.42 Å². The van der Waals surface area contributed by atoms with Crippen molar-refractivity contribution in [2.75, 3.05) is 19.8 Å². The Morgan fingerprint density at radius 2 is 1.86 bits per heavy atom. The highest BCUT2D eigenvalue weighted by atomic mass is 16.5. The molecule has 0 aromatic heterocycles. The average molecular weight is 299 g/mol. The van der Waals surface area contributed by atoms with Gasteiger partial charge in [-0.2, -0.15) is 0 Å². The maximum absolute atomic E-state index is 12.3. The predicted molar refractivity (Wildman–Crippen MR) is 75.6 cm³/mol. The van der Waals surface area contributed by atoms with Gasteiger partial charge < -0.3 is 20.3 Å². The van der Waals surface area contributed by atoms with E-state index in [2.05, 4.69) is 5.32 Å². The molecule has 1 aliphatic carbocycles. The number of aliphatic carboxylic acids is 1. The molecule has 0 radical (unpaired) electrons. The van der Waals surface area contributed by atoms with Crippen LogP contribution in [0.25, 0.3) is 0 Å². The van der Waals surface area contributed by atoms with Crippen molar-refractivity contribution in [1.82, 2.24) is 5.32 Å². The van der Waals surface area contributed by atoms with E-state index in [4.69, 9.17) is 4.74 Å². The summed E-state index contributed by atoms with van der Waals surface area (Å²) in [6.45, 7) is 3.18. The number of carbonyl (C=O) groups excluding carboxylic acids is 1.